The van der Waals surface area contributed by atoms with Gasteiger partial charge >= 0.3 is 0 Å². The smallest absolute Gasteiger partial charge is 0.274 e. The van der Waals surface area contributed by atoms with Crippen LogP contribution < -0.4 is 10.3 Å². The quantitative estimate of drug-likeness (QED) is 0.518. The van der Waals surface area contributed by atoms with Gasteiger partial charge < -0.3 is 14.4 Å². The molecule has 0 bridgehead atoms. The number of carbonyl (C=O) groups is 1. The van der Waals surface area contributed by atoms with Crippen LogP contribution in [0.5, 0.6) is 5.75 Å². The van der Waals surface area contributed by atoms with Crippen molar-refractivity contribution < 1.29 is 14.3 Å². The van der Waals surface area contributed by atoms with Crippen LogP contribution in [0.15, 0.2) is 77.6 Å². The zero-order valence-electron chi connectivity index (χ0n) is 17.9. The van der Waals surface area contributed by atoms with Crippen LogP contribution in [-0.2, 0) is 17.8 Å². The van der Waals surface area contributed by atoms with Gasteiger partial charge in [-0.3, -0.25) is 9.59 Å². The van der Waals surface area contributed by atoms with Crippen molar-refractivity contribution in [2.24, 2.45) is 0 Å². The number of hydrogen-bond acceptors (Lipinski definition) is 5. The molecule has 2 aromatic carbocycles. The molecule has 2 heterocycles. The summed E-state index contributed by atoms with van der Waals surface area (Å²) in [5, 5.41) is 4.33. The van der Waals surface area contributed by atoms with Gasteiger partial charge in [0.25, 0.3) is 11.5 Å². The number of nitrogens with zero attached hydrogens (tertiary/aromatic N) is 3. The van der Waals surface area contributed by atoms with Gasteiger partial charge in [-0.1, -0.05) is 48.5 Å². The first-order valence-corrected chi connectivity index (χ1v) is 10.9. The molecule has 1 aromatic heterocycles. The molecule has 1 saturated heterocycles. The highest BCUT2D eigenvalue weighted by atomic mass is 16.5. The van der Waals surface area contributed by atoms with E-state index in [1.807, 2.05) is 60.7 Å². The second kappa shape index (κ2) is 10.7. The number of para-hydroxylation sites is 1. The second-order valence-electron chi connectivity index (χ2n) is 7.75. The van der Waals surface area contributed by atoms with E-state index in [0.29, 0.717) is 13.1 Å². The van der Waals surface area contributed by atoms with Gasteiger partial charge in [-0.05, 0) is 36.6 Å². The average Bonchev–Trinajstić information content (AvgIpc) is 3.34. The third kappa shape index (κ3) is 5.82. The summed E-state index contributed by atoms with van der Waals surface area (Å²) in [6, 6.07) is 22.1. The molecule has 3 aromatic rings. The summed E-state index contributed by atoms with van der Waals surface area (Å²) in [5.41, 5.74) is 0.994. The highest BCUT2D eigenvalue weighted by Crippen LogP contribution is 2.17. The van der Waals surface area contributed by atoms with Crippen molar-refractivity contribution in [1.29, 1.82) is 0 Å². The molecule has 0 aliphatic carbocycles. The number of aromatic nitrogens is 2. The molecular formula is C25H27N3O4. The number of benzene rings is 2. The van der Waals surface area contributed by atoms with Gasteiger partial charge in [0.15, 0.2) is 0 Å². The van der Waals surface area contributed by atoms with Crippen molar-refractivity contribution in [2.75, 3.05) is 19.8 Å². The highest BCUT2D eigenvalue weighted by molar-refractivity contribution is 5.92. The van der Waals surface area contributed by atoms with Crippen molar-refractivity contribution in [1.82, 2.24) is 14.7 Å². The summed E-state index contributed by atoms with van der Waals surface area (Å²) >= 11 is 0. The van der Waals surface area contributed by atoms with E-state index in [4.69, 9.17) is 9.47 Å². The predicted molar refractivity (Wildman–Crippen MR) is 121 cm³/mol. The number of amides is 1. The fraction of sp³-hybridized carbons (Fsp3) is 0.320. The van der Waals surface area contributed by atoms with E-state index in [-0.39, 0.29) is 36.4 Å². The summed E-state index contributed by atoms with van der Waals surface area (Å²) in [6.45, 7) is 2.20. The Bertz CT molecular complexity index is 1060. The molecule has 0 spiro atoms. The van der Waals surface area contributed by atoms with Crippen LogP contribution in [0.2, 0.25) is 0 Å². The van der Waals surface area contributed by atoms with Gasteiger partial charge in [0.05, 0.1) is 12.6 Å². The van der Waals surface area contributed by atoms with E-state index in [1.165, 1.54) is 16.8 Å². The van der Waals surface area contributed by atoms with Crippen LogP contribution in [0.25, 0.3) is 0 Å². The van der Waals surface area contributed by atoms with E-state index in [2.05, 4.69) is 5.10 Å². The Balaban J connectivity index is 1.48. The number of hydrogen-bond donors (Lipinski definition) is 0. The highest BCUT2D eigenvalue weighted by Gasteiger charge is 2.25. The summed E-state index contributed by atoms with van der Waals surface area (Å²) in [4.78, 5) is 27.4. The molecule has 166 valence electrons. The molecule has 1 fully saturated rings. The first-order valence-electron chi connectivity index (χ1n) is 10.9. The normalized spacial score (nSPS) is 15.4. The predicted octanol–water partition coefficient (Wildman–Crippen LogP) is 3.14. The first kappa shape index (κ1) is 21.8. The molecule has 7 nitrogen and oxygen atoms in total. The van der Waals surface area contributed by atoms with Crippen LogP contribution in [0.1, 0.15) is 28.9 Å². The number of carbonyl (C=O) groups excluding carboxylic acids is 1. The van der Waals surface area contributed by atoms with Gasteiger partial charge in [0, 0.05) is 25.8 Å². The van der Waals surface area contributed by atoms with Gasteiger partial charge in [0.2, 0.25) is 0 Å². The minimum atomic E-state index is -0.271. The lowest BCUT2D eigenvalue weighted by Crippen LogP contribution is -2.38. The minimum Gasteiger partial charge on any atom is -0.492 e. The van der Waals surface area contributed by atoms with E-state index >= 15 is 0 Å². The lowest BCUT2D eigenvalue weighted by Gasteiger charge is -2.25. The molecule has 4 rings (SSSR count). The largest absolute Gasteiger partial charge is 0.492 e. The third-order valence-electron chi connectivity index (χ3n) is 5.35. The van der Waals surface area contributed by atoms with Crippen LogP contribution >= 0.6 is 0 Å². The summed E-state index contributed by atoms with van der Waals surface area (Å²) < 4.78 is 12.7. The Morgan fingerprint density at radius 2 is 1.81 bits per heavy atom. The van der Waals surface area contributed by atoms with Crippen molar-refractivity contribution in [3.63, 3.8) is 0 Å². The maximum atomic E-state index is 13.4. The monoisotopic (exact) mass is 433 g/mol. The fourth-order valence-electron chi connectivity index (χ4n) is 3.71. The Morgan fingerprint density at radius 3 is 2.53 bits per heavy atom. The molecule has 1 aliphatic rings. The van der Waals surface area contributed by atoms with E-state index in [9.17, 15) is 9.59 Å². The number of rotatable bonds is 9. The zero-order valence-corrected chi connectivity index (χ0v) is 17.9. The lowest BCUT2D eigenvalue weighted by molar-refractivity contribution is 0.0500. The van der Waals surface area contributed by atoms with Crippen molar-refractivity contribution in [3.8, 4) is 5.75 Å². The molecule has 1 amide bonds. The molecule has 0 saturated carbocycles. The van der Waals surface area contributed by atoms with E-state index in [0.717, 1.165) is 30.8 Å². The fourth-order valence-corrected chi connectivity index (χ4v) is 3.71. The van der Waals surface area contributed by atoms with Gasteiger partial charge in [0.1, 0.15) is 18.1 Å². The lowest BCUT2D eigenvalue weighted by atomic mass is 10.1. The first-order chi connectivity index (χ1) is 15.7. The number of ether oxygens (including phenoxy) is 2. The van der Waals surface area contributed by atoms with Crippen LogP contribution in [0.4, 0.5) is 0 Å². The van der Waals surface area contributed by atoms with Gasteiger partial charge in [-0.2, -0.15) is 5.10 Å². The Morgan fingerprint density at radius 1 is 1.06 bits per heavy atom. The molecule has 7 heteroatoms. The molecule has 0 radical (unpaired) electrons. The molecular weight excluding hydrogens is 406 g/mol. The van der Waals surface area contributed by atoms with Crippen molar-refractivity contribution in [3.05, 3.63) is 94.4 Å². The zero-order chi connectivity index (χ0) is 22.2. The Hall–Kier alpha value is -3.45. The standard InChI is InChI=1S/C25H27N3O4/c29-24-14-13-23(26-28(24)15-17-32-21-10-5-2-6-11-21)25(30)27(19-22-12-7-16-31-22)18-20-8-3-1-4-9-20/h1-6,8-11,13-14,22H,7,12,15-19H2. The van der Waals surface area contributed by atoms with Gasteiger partial charge in [-0.25, -0.2) is 4.68 Å². The van der Waals surface area contributed by atoms with Crippen LogP contribution in [0, 0.1) is 0 Å². The van der Waals surface area contributed by atoms with Crippen LogP contribution in [-0.4, -0.2) is 46.5 Å². The SMILES string of the molecule is O=C(c1ccc(=O)n(CCOc2ccccc2)n1)N(Cc1ccccc1)CC1CCCO1. The Labute approximate surface area is 187 Å². The van der Waals surface area contributed by atoms with E-state index < -0.39 is 0 Å². The van der Waals surface area contributed by atoms with Crippen molar-refractivity contribution >= 4 is 5.91 Å². The Kier molecular flexibility index (Phi) is 7.30. The third-order valence-corrected chi connectivity index (χ3v) is 5.35. The maximum Gasteiger partial charge on any atom is 0.274 e. The molecule has 32 heavy (non-hydrogen) atoms. The summed E-state index contributed by atoms with van der Waals surface area (Å²) in [6.07, 6.45) is 1.96. The molecule has 1 unspecified atom stereocenters. The molecule has 1 atom stereocenters. The topological polar surface area (TPSA) is 73.7 Å². The van der Waals surface area contributed by atoms with E-state index in [1.54, 1.807) is 4.90 Å². The van der Waals surface area contributed by atoms with Gasteiger partial charge in [-0.15, -0.1) is 0 Å². The minimum absolute atomic E-state index is 0.0211. The molecule has 0 N–H and O–H groups in total. The maximum absolute atomic E-state index is 13.4. The summed E-state index contributed by atoms with van der Waals surface area (Å²) in [7, 11) is 0. The average molecular weight is 434 g/mol. The van der Waals surface area contributed by atoms with Crippen molar-refractivity contribution in [2.45, 2.75) is 32.0 Å². The second-order valence-corrected chi connectivity index (χ2v) is 7.75. The molecule has 1 aliphatic heterocycles. The van der Waals surface area contributed by atoms with Crippen LogP contribution in [0.3, 0.4) is 0 Å². The summed E-state index contributed by atoms with van der Waals surface area (Å²) in [5.74, 6) is 0.500.